The van der Waals surface area contributed by atoms with Gasteiger partial charge in [0.25, 0.3) is 0 Å². The van der Waals surface area contributed by atoms with Crippen molar-refractivity contribution >= 4 is 0 Å². The van der Waals surface area contributed by atoms with Gasteiger partial charge in [0.2, 0.25) is 0 Å². The summed E-state index contributed by atoms with van der Waals surface area (Å²) in [4.78, 5) is 0. The smallest absolute Gasteiger partial charge is 0.0279 e. The van der Waals surface area contributed by atoms with E-state index < -0.39 is 0 Å². The topological polar surface area (TPSA) is 38.0 Å². The Morgan fingerprint density at radius 1 is 1.14 bits per heavy atom. The van der Waals surface area contributed by atoms with Crippen molar-refractivity contribution in [2.24, 2.45) is 17.2 Å². The molecule has 3 N–H and O–H groups in total. The third kappa shape index (κ3) is 4.08. The average molecular weight is 288 g/mol. The largest absolute Gasteiger partial charge is 0.271 e. The molecule has 1 unspecified atom stereocenters. The maximum Gasteiger partial charge on any atom is 0.0279 e. The minimum absolute atomic E-state index is 0.404. The Hall–Kier alpha value is -0.860. The molecule has 0 radical (unpaired) electrons. The zero-order valence-corrected chi connectivity index (χ0v) is 14.4. The lowest BCUT2D eigenvalue weighted by Crippen LogP contribution is -2.44. The van der Waals surface area contributed by atoms with Crippen LogP contribution in [0.25, 0.3) is 0 Å². The SMILES string of the molecule is Cc1cc(C)c(CC(NN)C2CCC(C)(C)CC2)c(C)c1. The second-order valence-corrected chi connectivity index (χ2v) is 7.86. The second-order valence-electron chi connectivity index (χ2n) is 7.86. The van der Waals surface area contributed by atoms with Crippen molar-refractivity contribution in [1.82, 2.24) is 5.43 Å². The highest BCUT2D eigenvalue weighted by atomic mass is 15.2. The summed E-state index contributed by atoms with van der Waals surface area (Å²) in [5, 5.41) is 0. The van der Waals surface area contributed by atoms with Crippen molar-refractivity contribution in [1.29, 1.82) is 0 Å². The fraction of sp³-hybridized carbons (Fsp3) is 0.684. The van der Waals surface area contributed by atoms with Crippen LogP contribution in [-0.4, -0.2) is 6.04 Å². The highest BCUT2D eigenvalue weighted by molar-refractivity contribution is 5.38. The van der Waals surface area contributed by atoms with Gasteiger partial charge in [-0.2, -0.15) is 0 Å². The van der Waals surface area contributed by atoms with Crippen LogP contribution in [0, 0.1) is 32.1 Å². The Bertz CT molecular complexity index is 457. The first kappa shape index (κ1) is 16.5. The first-order valence-corrected chi connectivity index (χ1v) is 8.35. The lowest BCUT2D eigenvalue weighted by molar-refractivity contribution is 0.161. The van der Waals surface area contributed by atoms with Crippen LogP contribution < -0.4 is 11.3 Å². The van der Waals surface area contributed by atoms with E-state index in [-0.39, 0.29) is 0 Å². The number of nitrogens with one attached hydrogen (secondary N) is 1. The molecule has 0 saturated heterocycles. The van der Waals surface area contributed by atoms with Crippen LogP contribution in [0.2, 0.25) is 0 Å². The highest BCUT2D eigenvalue weighted by Crippen LogP contribution is 2.39. The van der Waals surface area contributed by atoms with E-state index in [1.807, 2.05) is 0 Å². The van der Waals surface area contributed by atoms with Gasteiger partial charge >= 0.3 is 0 Å². The molecule has 0 aliphatic heterocycles. The lowest BCUT2D eigenvalue weighted by atomic mass is 9.70. The quantitative estimate of drug-likeness (QED) is 0.643. The van der Waals surface area contributed by atoms with Crippen LogP contribution in [0.4, 0.5) is 0 Å². The predicted octanol–water partition coefficient (Wildman–Crippen LogP) is 4.20. The molecule has 0 amide bonds. The Morgan fingerprint density at radius 3 is 2.14 bits per heavy atom. The number of nitrogens with two attached hydrogens (primary N) is 1. The molecular weight excluding hydrogens is 256 g/mol. The van der Waals surface area contributed by atoms with Crippen LogP contribution in [0.3, 0.4) is 0 Å². The predicted molar refractivity (Wildman–Crippen MR) is 91.2 cm³/mol. The van der Waals surface area contributed by atoms with Crippen LogP contribution in [0.15, 0.2) is 12.1 Å². The molecule has 1 atom stereocenters. The summed E-state index contributed by atoms with van der Waals surface area (Å²) in [5.74, 6) is 6.61. The molecular formula is C19H32N2. The summed E-state index contributed by atoms with van der Waals surface area (Å²) in [6, 6.07) is 4.99. The first-order valence-electron chi connectivity index (χ1n) is 8.35. The third-order valence-electron chi connectivity index (χ3n) is 5.43. The standard InChI is InChI=1S/C19H32N2/c1-13-10-14(2)17(15(3)11-13)12-18(21-20)16-6-8-19(4,5)9-7-16/h10-11,16,18,21H,6-9,12,20H2,1-5H3. The van der Waals surface area contributed by atoms with E-state index in [1.165, 1.54) is 47.9 Å². The fourth-order valence-electron chi connectivity index (χ4n) is 3.94. The van der Waals surface area contributed by atoms with Gasteiger partial charge in [0.05, 0.1) is 0 Å². The fourth-order valence-corrected chi connectivity index (χ4v) is 3.94. The minimum atomic E-state index is 0.404. The number of rotatable bonds is 4. The van der Waals surface area contributed by atoms with Gasteiger partial charge < -0.3 is 0 Å². The van der Waals surface area contributed by atoms with E-state index in [1.54, 1.807) is 0 Å². The number of aryl methyl sites for hydroxylation is 3. The number of hydrogen-bond donors (Lipinski definition) is 2. The highest BCUT2D eigenvalue weighted by Gasteiger charge is 2.31. The first-order chi connectivity index (χ1) is 9.82. The molecule has 1 aliphatic rings. The van der Waals surface area contributed by atoms with Crippen molar-refractivity contribution < 1.29 is 0 Å². The van der Waals surface area contributed by atoms with E-state index in [4.69, 9.17) is 5.84 Å². The summed E-state index contributed by atoms with van der Waals surface area (Å²) in [5.41, 5.74) is 9.28. The second kappa shape index (κ2) is 6.50. The molecule has 1 aromatic carbocycles. The lowest BCUT2D eigenvalue weighted by Gasteiger charge is -2.38. The van der Waals surface area contributed by atoms with Crippen LogP contribution >= 0.6 is 0 Å². The van der Waals surface area contributed by atoms with Gasteiger partial charge in [0.1, 0.15) is 0 Å². The van der Waals surface area contributed by atoms with Crippen LogP contribution in [0.5, 0.6) is 0 Å². The monoisotopic (exact) mass is 288 g/mol. The molecule has 2 nitrogen and oxygen atoms in total. The summed E-state index contributed by atoms with van der Waals surface area (Å²) in [6.45, 7) is 11.4. The Balaban J connectivity index is 2.10. The Morgan fingerprint density at radius 2 is 1.67 bits per heavy atom. The van der Waals surface area contributed by atoms with Crippen molar-refractivity contribution in [3.8, 4) is 0 Å². The molecule has 1 aromatic rings. The molecule has 0 spiro atoms. The third-order valence-corrected chi connectivity index (χ3v) is 5.43. The normalized spacial score (nSPS) is 20.5. The van der Waals surface area contributed by atoms with E-state index >= 15 is 0 Å². The zero-order chi connectivity index (χ0) is 15.6. The molecule has 1 saturated carbocycles. The van der Waals surface area contributed by atoms with Gasteiger partial charge in [-0.1, -0.05) is 31.5 Å². The summed E-state index contributed by atoms with van der Waals surface area (Å²) < 4.78 is 0. The van der Waals surface area contributed by atoms with Crippen molar-refractivity contribution in [3.05, 3.63) is 34.4 Å². The number of benzene rings is 1. The average Bonchev–Trinajstić information content (AvgIpc) is 2.39. The minimum Gasteiger partial charge on any atom is -0.271 e. The van der Waals surface area contributed by atoms with Crippen LogP contribution in [-0.2, 0) is 6.42 Å². The summed E-state index contributed by atoms with van der Waals surface area (Å²) in [6.07, 6.45) is 6.29. The molecule has 0 heterocycles. The maximum atomic E-state index is 5.90. The zero-order valence-electron chi connectivity index (χ0n) is 14.4. The molecule has 1 aliphatic carbocycles. The van der Waals surface area contributed by atoms with Gasteiger partial charge in [-0.05, 0) is 80.9 Å². The van der Waals surface area contributed by atoms with E-state index in [2.05, 4.69) is 52.2 Å². The van der Waals surface area contributed by atoms with Crippen molar-refractivity contribution in [2.45, 2.75) is 72.8 Å². The number of hydrogen-bond acceptors (Lipinski definition) is 2. The van der Waals surface area contributed by atoms with E-state index in [9.17, 15) is 0 Å². The Labute approximate surface area is 130 Å². The van der Waals surface area contributed by atoms with Gasteiger partial charge in [0, 0.05) is 6.04 Å². The molecule has 21 heavy (non-hydrogen) atoms. The van der Waals surface area contributed by atoms with Gasteiger partial charge in [0.15, 0.2) is 0 Å². The van der Waals surface area contributed by atoms with Gasteiger partial charge in [-0.15, -0.1) is 0 Å². The molecule has 0 bridgehead atoms. The van der Waals surface area contributed by atoms with Gasteiger partial charge in [-0.25, -0.2) is 0 Å². The van der Waals surface area contributed by atoms with E-state index in [0.717, 1.165) is 6.42 Å². The van der Waals surface area contributed by atoms with Crippen LogP contribution in [0.1, 0.15) is 61.8 Å². The van der Waals surface area contributed by atoms with E-state index in [0.29, 0.717) is 17.4 Å². The molecule has 0 aromatic heterocycles. The molecule has 2 rings (SSSR count). The maximum absolute atomic E-state index is 5.90. The molecule has 118 valence electrons. The Kier molecular flexibility index (Phi) is 5.11. The number of hydrazine groups is 1. The van der Waals surface area contributed by atoms with Crippen molar-refractivity contribution in [3.63, 3.8) is 0 Å². The summed E-state index contributed by atoms with van der Waals surface area (Å²) in [7, 11) is 0. The summed E-state index contributed by atoms with van der Waals surface area (Å²) >= 11 is 0. The molecule has 1 fully saturated rings. The van der Waals surface area contributed by atoms with Crippen molar-refractivity contribution in [2.75, 3.05) is 0 Å². The van der Waals surface area contributed by atoms with Gasteiger partial charge in [-0.3, -0.25) is 11.3 Å². The molecule has 2 heteroatoms.